The van der Waals surface area contributed by atoms with E-state index in [1.165, 1.54) is 13.0 Å². The zero-order chi connectivity index (χ0) is 43.5. The van der Waals surface area contributed by atoms with Gasteiger partial charge in [-0.25, -0.2) is 15.0 Å². The summed E-state index contributed by atoms with van der Waals surface area (Å²) in [6.07, 6.45) is 8.62. The molecule has 1 saturated heterocycles. The number of pyridine rings is 3. The summed E-state index contributed by atoms with van der Waals surface area (Å²) < 4.78 is 21.8. The normalized spacial score (nSPS) is 17.8. The smallest absolute Gasteiger partial charge is 0.263 e. The van der Waals surface area contributed by atoms with Crippen LogP contribution in [0.25, 0.3) is 11.0 Å². The summed E-state index contributed by atoms with van der Waals surface area (Å²) in [6.45, 7) is 5.91. The number of ketones is 1. The van der Waals surface area contributed by atoms with Crippen LogP contribution in [0, 0.1) is 12.9 Å². The van der Waals surface area contributed by atoms with Gasteiger partial charge in [0, 0.05) is 63.9 Å². The van der Waals surface area contributed by atoms with Gasteiger partial charge in [-0.15, -0.1) is 10.2 Å². The Kier molecular flexibility index (Phi) is 12.3. The van der Waals surface area contributed by atoms with Crippen LogP contribution in [-0.2, 0) is 9.53 Å². The number of aryl methyl sites for hydroxylation is 1. The molecule has 8 rings (SSSR count). The van der Waals surface area contributed by atoms with Crippen molar-refractivity contribution in [1.29, 1.82) is 0 Å². The van der Waals surface area contributed by atoms with Crippen LogP contribution in [0.1, 0.15) is 84.2 Å². The summed E-state index contributed by atoms with van der Waals surface area (Å²) in [5.74, 6) is 0.430. The van der Waals surface area contributed by atoms with E-state index in [0.717, 1.165) is 37.4 Å². The maximum atomic E-state index is 14.1. The fourth-order valence-electron chi connectivity index (χ4n) is 8.31. The number of halogens is 1. The Morgan fingerprint density at radius 3 is 2.35 bits per heavy atom. The number of aromatic nitrogens is 7. The van der Waals surface area contributed by atoms with E-state index >= 15 is 0 Å². The largest absolute Gasteiger partial charge is 0.378 e. The lowest BCUT2D eigenvalue weighted by Crippen LogP contribution is -2.49. The maximum Gasteiger partial charge on any atom is 0.263 e. The first-order valence-corrected chi connectivity index (χ1v) is 21.0. The fraction of sp³-hybridized carbons (Fsp3) is 0.442. The third kappa shape index (κ3) is 9.17. The number of carbonyl (C=O) groups excluding carboxylic acids is 3. The maximum absolute atomic E-state index is 14.1. The minimum absolute atomic E-state index is 0.0144. The van der Waals surface area contributed by atoms with E-state index in [4.69, 9.17) is 9.72 Å². The Morgan fingerprint density at radius 2 is 1.68 bits per heavy atom. The number of amides is 2. The Hall–Kier alpha value is -6.63. The van der Waals surface area contributed by atoms with Gasteiger partial charge >= 0.3 is 0 Å². The molecular formula is C43H50FN13O5. The van der Waals surface area contributed by atoms with Gasteiger partial charge in [-0.2, -0.15) is 9.37 Å². The predicted octanol–water partition coefficient (Wildman–Crippen LogP) is 4.90. The summed E-state index contributed by atoms with van der Waals surface area (Å²) in [5, 5.41) is 17.8. The van der Waals surface area contributed by atoms with Crippen molar-refractivity contribution in [3.05, 3.63) is 81.8 Å². The van der Waals surface area contributed by atoms with Crippen molar-refractivity contribution in [2.24, 2.45) is 0 Å². The summed E-state index contributed by atoms with van der Waals surface area (Å²) in [7, 11) is 3.67. The first-order chi connectivity index (χ1) is 29.9. The standard InChI is InChI=1S/C43H50FN13O5/c1-25-32-24-46-43(51-40(32)57(28-7-5-6-8-28)42(61)38(25)26(2)58)50-34-12-9-29(23-45-34)55-16-18-56(19-17-55)37(59)15-20-62-30-21-27(22-30)47-39-31(10-11-33(44)48-39)41(60)49-35-13-14-36(53-52-35)54(3)4/h9-14,23-24,27-28,30H,5-8,15-22H2,1-4H3,(H,47,48)(H,49,52,60)(H,45,46,50,51). The van der Waals surface area contributed by atoms with Crippen LogP contribution >= 0.6 is 0 Å². The van der Waals surface area contributed by atoms with E-state index in [2.05, 4.69) is 46.0 Å². The molecule has 0 aromatic carbocycles. The van der Waals surface area contributed by atoms with E-state index in [-0.39, 0.29) is 71.2 Å². The second-order valence-electron chi connectivity index (χ2n) is 16.2. The minimum Gasteiger partial charge on any atom is -0.378 e. The molecule has 18 nitrogen and oxygen atoms in total. The van der Waals surface area contributed by atoms with Crippen molar-refractivity contribution in [3.63, 3.8) is 0 Å². The van der Waals surface area contributed by atoms with Crippen molar-refractivity contribution in [2.45, 2.75) is 77.0 Å². The molecule has 0 spiro atoms. The number of anilines is 6. The van der Waals surface area contributed by atoms with Gasteiger partial charge in [-0.3, -0.25) is 23.7 Å². The molecule has 5 aromatic rings. The van der Waals surface area contributed by atoms with E-state index in [1.807, 2.05) is 31.1 Å². The Labute approximate surface area is 357 Å². The second kappa shape index (κ2) is 18.2. The highest BCUT2D eigenvalue weighted by molar-refractivity contribution is 6.07. The summed E-state index contributed by atoms with van der Waals surface area (Å²) in [6, 6.07) is 9.58. The molecule has 3 aliphatic rings. The highest BCUT2D eigenvalue weighted by atomic mass is 19.1. The van der Waals surface area contributed by atoms with Gasteiger partial charge in [0.05, 0.1) is 42.1 Å². The molecule has 6 heterocycles. The number of Topliss-reactive ketones (excluding diaryl/α,β-unsaturated/α-hetero) is 1. The topological polar surface area (TPSA) is 206 Å². The van der Waals surface area contributed by atoms with E-state index in [1.54, 1.807) is 40.9 Å². The van der Waals surface area contributed by atoms with Gasteiger partial charge < -0.3 is 35.4 Å². The van der Waals surface area contributed by atoms with Gasteiger partial charge in [0.2, 0.25) is 17.8 Å². The number of piperazine rings is 1. The minimum atomic E-state index is -0.711. The van der Waals surface area contributed by atoms with Crippen molar-refractivity contribution in [1.82, 2.24) is 39.6 Å². The van der Waals surface area contributed by atoms with Gasteiger partial charge in [-0.05, 0) is 81.5 Å². The lowest BCUT2D eigenvalue weighted by Gasteiger charge is -2.37. The molecule has 5 aromatic heterocycles. The van der Waals surface area contributed by atoms with E-state index in [9.17, 15) is 23.6 Å². The molecule has 324 valence electrons. The van der Waals surface area contributed by atoms with Gasteiger partial charge in [0.1, 0.15) is 17.3 Å². The Bertz CT molecular complexity index is 2520. The first-order valence-electron chi connectivity index (χ1n) is 21.0. The van der Waals surface area contributed by atoms with Crippen LogP contribution in [0.2, 0.25) is 0 Å². The molecule has 3 N–H and O–H groups in total. The molecule has 19 heteroatoms. The van der Waals surface area contributed by atoms with Crippen molar-refractivity contribution >= 4 is 63.5 Å². The van der Waals surface area contributed by atoms with Gasteiger partial charge in [0.25, 0.3) is 11.5 Å². The zero-order valence-electron chi connectivity index (χ0n) is 35.2. The van der Waals surface area contributed by atoms with Crippen LogP contribution in [-0.4, -0.2) is 116 Å². The third-order valence-electron chi connectivity index (χ3n) is 11.8. The Morgan fingerprint density at radius 1 is 0.919 bits per heavy atom. The molecule has 0 bridgehead atoms. The quantitative estimate of drug-likeness (QED) is 0.100. The molecule has 1 aliphatic heterocycles. The molecule has 2 aliphatic carbocycles. The van der Waals surface area contributed by atoms with Crippen molar-refractivity contribution in [2.75, 3.05) is 72.6 Å². The van der Waals surface area contributed by atoms with E-state index < -0.39 is 11.9 Å². The predicted molar refractivity (Wildman–Crippen MR) is 232 cm³/mol. The van der Waals surface area contributed by atoms with Crippen molar-refractivity contribution in [3.8, 4) is 0 Å². The molecular weight excluding hydrogens is 798 g/mol. The van der Waals surface area contributed by atoms with Crippen molar-refractivity contribution < 1.29 is 23.5 Å². The number of fused-ring (bicyclic) bond motifs is 1. The molecule has 3 fully saturated rings. The van der Waals surface area contributed by atoms with Crippen LogP contribution in [0.3, 0.4) is 0 Å². The average Bonchev–Trinajstić information content (AvgIpc) is 3.78. The molecule has 0 radical (unpaired) electrons. The number of nitrogens with one attached hydrogen (secondary N) is 3. The van der Waals surface area contributed by atoms with Crippen LogP contribution < -0.4 is 31.3 Å². The lowest BCUT2D eigenvalue weighted by molar-refractivity contribution is -0.133. The molecule has 2 saturated carbocycles. The molecule has 0 unspecified atom stereocenters. The monoisotopic (exact) mass is 847 g/mol. The number of hydrogen-bond acceptors (Lipinski definition) is 15. The lowest BCUT2D eigenvalue weighted by atomic mass is 9.89. The summed E-state index contributed by atoms with van der Waals surface area (Å²) in [4.78, 5) is 75.8. The third-order valence-corrected chi connectivity index (χ3v) is 11.8. The number of rotatable bonds is 14. The van der Waals surface area contributed by atoms with Gasteiger partial charge in [0.15, 0.2) is 17.4 Å². The summed E-state index contributed by atoms with van der Waals surface area (Å²) in [5.41, 5.74) is 2.10. The SMILES string of the molecule is CC(=O)c1c(C)c2cnc(Nc3ccc(N4CCN(C(=O)CCOC5CC(Nc6nc(F)ccc6C(=O)Nc6ccc(N(C)C)nn6)C5)CC4)cn3)nc2n(C2CCCC2)c1=O. The van der Waals surface area contributed by atoms with Crippen LogP contribution in [0.4, 0.5) is 39.3 Å². The second-order valence-corrected chi connectivity index (χ2v) is 16.2. The average molecular weight is 848 g/mol. The summed E-state index contributed by atoms with van der Waals surface area (Å²) >= 11 is 0. The molecule has 0 atom stereocenters. The number of nitrogens with zero attached hydrogens (tertiary/aromatic N) is 10. The highest BCUT2D eigenvalue weighted by Gasteiger charge is 2.32. The van der Waals surface area contributed by atoms with Crippen LogP contribution in [0.5, 0.6) is 0 Å². The fourth-order valence-corrected chi connectivity index (χ4v) is 8.31. The van der Waals surface area contributed by atoms with Gasteiger partial charge in [-0.1, -0.05) is 12.8 Å². The first kappa shape index (κ1) is 42.1. The highest BCUT2D eigenvalue weighted by Crippen LogP contribution is 2.33. The number of hydrogen-bond donors (Lipinski definition) is 3. The van der Waals surface area contributed by atoms with Crippen LogP contribution in [0.15, 0.2) is 53.6 Å². The number of ether oxygens (including phenoxy) is 1. The Balaban J connectivity index is 0.780. The zero-order valence-corrected chi connectivity index (χ0v) is 35.2. The number of carbonyl (C=O) groups is 3. The van der Waals surface area contributed by atoms with E-state index in [0.29, 0.717) is 73.2 Å². The molecule has 62 heavy (non-hydrogen) atoms. The molecule has 2 amide bonds.